The second kappa shape index (κ2) is 23.0. The molecule has 2 fully saturated rings. The Balaban J connectivity index is 0.000000158. The van der Waals surface area contributed by atoms with E-state index in [2.05, 4.69) is 91.4 Å². The van der Waals surface area contributed by atoms with Crippen LogP contribution in [0.5, 0.6) is 0 Å². The predicted octanol–water partition coefficient (Wildman–Crippen LogP) is 8.55. The fraction of sp³-hybridized carbons (Fsp3) is 0.375. The van der Waals surface area contributed by atoms with Gasteiger partial charge in [0.05, 0.1) is 101 Å². The molecule has 3 unspecified atom stereocenters. The normalized spacial score (nSPS) is 15.4. The number of nitrogens with one attached hydrogen (secondary N) is 3. The van der Waals surface area contributed by atoms with Crippen molar-refractivity contribution in [1.29, 1.82) is 0 Å². The first kappa shape index (κ1) is 45.9. The number of nitrogens with two attached hydrogens (primary N) is 3. The molecule has 0 bridgehead atoms. The average Bonchev–Trinajstić information content (AvgIpc) is 3.33. The molecule has 0 aromatic carbocycles. The van der Waals surface area contributed by atoms with Crippen molar-refractivity contribution in [2.75, 3.05) is 77.6 Å². The fourth-order valence-corrected chi connectivity index (χ4v) is 7.11. The molecule has 8 rings (SSSR count). The van der Waals surface area contributed by atoms with Gasteiger partial charge in [-0.25, -0.2) is 4.98 Å². The lowest BCUT2D eigenvalue weighted by atomic mass is 9.95. The summed E-state index contributed by atoms with van der Waals surface area (Å²) in [4.78, 5) is 28.6. The van der Waals surface area contributed by atoms with Gasteiger partial charge in [-0.05, 0) is 88.1 Å². The molecule has 63 heavy (non-hydrogen) atoms. The molecule has 6 aromatic heterocycles. The highest BCUT2D eigenvalue weighted by atomic mass is 16.5. The summed E-state index contributed by atoms with van der Waals surface area (Å²) < 4.78 is 10.8. The molecular formula is C48H63N13O2. The van der Waals surface area contributed by atoms with E-state index in [1.54, 1.807) is 37.2 Å². The Kier molecular flexibility index (Phi) is 16.8. The third kappa shape index (κ3) is 13.5. The third-order valence-electron chi connectivity index (χ3n) is 10.9. The second-order valence-electron chi connectivity index (χ2n) is 16.0. The molecule has 9 N–H and O–H groups in total. The van der Waals surface area contributed by atoms with E-state index >= 15 is 0 Å². The summed E-state index contributed by atoms with van der Waals surface area (Å²) >= 11 is 0. The van der Waals surface area contributed by atoms with Gasteiger partial charge in [-0.1, -0.05) is 32.0 Å². The van der Waals surface area contributed by atoms with Crippen molar-refractivity contribution < 1.29 is 9.47 Å². The fourth-order valence-electron chi connectivity index (χ4n) is 7.11. The number of pyridine rings is 6. The second-order valence-corrected chi connectivity index (χ2v) is 16.0. The van der Waals surface area contributed by atoms with Crippen molar-refractivity contribution in [3.8, 4) is 0 Å². The molecule has 8 heterocycles. The lowest BCUT2D eigenvalue weighted by Gasteiger charge is -2.28. The molecule has 0 spiro atoms. The van der Waals surface area contributed by atoms with Crippen LogP contribution in [0, 0.1) is 0 Å². The number of ether oxygens (including phenoxy) is 2. The van der Waals surface area contributed by atoms with Gasteiger partial charge in [-0.3, -0.25) is 24.9 Å². The highest BCUT2D eigenvalue weighted by Crippen LogP contribution is 2.31. The summed E-state index contributed by atoms with van der Waals surface area (Å²) in [5.74, 6) is 1.76. The largest absolute Gasteiger partial charge is 0.396 e. The van der Waals surface area contributed by atoms with Gasteiger partial charge in [0.15, 0.2) is 0 Å². The van der Waals surface area contributed by atoms with Crippen LogP contribution in [-0.2, 0) is 9.47 Å². The Labute approximate surface area is 371 Å². The molecule has 0 saturated carbocycles. The SMILES string of the molecule is CC(C)c1cc(NC(C)c2ccccn2)c(N)cn1.CC(Nc1cc(C2CCOCC2)ncc1N)c1ccccn1.CC(Nc1cc(N2CCOCC2)ncc1N)c1ccccn1. The van der Waals surface area contributed by atoms with Gasteiger partial charge in [0.25, 0.3) is 0 Å². The van der Waals surface area contributed by atoms with Gasteiger partial charge in [-0.2, -0.15) is 0 Å². The minimum absolute atomic E-state index is 0.0726. The topological polar surface area (TPSA) is 213 Å². The van der Waals surface area contributed by atoms with Gasteiger partial charge in [-0.15, -0.1) is 0 Å². The standard InChI is InChI=1S/C17H22N4O.C16H21N5O.C15H20N4/c1-12(15-4-2-3-7-19-15)21-17-10-16(20-11-14(17)18)13-5-8-22-9-6-13;1-12(14-4-2-3-5-18-14)20-15-10-16(19-11-13(15)17)21-6-8-22-9-7-21;1-10(2)14-8-15(12(16)9-18-14)19-11(3)13-6-4-5-7-17-13/h2-4,7,10-13H,5-6,8-9,18H2,1H3,(H,20,21);2-5,10-12H,6-9,17H2,1H3,(H,19,20);4-11H,16H2,1-3H3,(H,18,19). The van der Waals surface area contributed by atoms with Crippen LogP contribution in [0.15, 0.2) is 110 Å². The van der Waals surface area contributed by atoms with Crippen LogP contribution in [-0.4, -0.2) is 69.4 Å². The average molecular weight is 854 g/mol. The van der Waals surface area contributed by atoms with E-state index in [1.807, 2.05) is 66.7 Å². The van der Waals surface area contributed by atoms with Crippen LogP contribution >= 0.6 is 0 Å². The Morgan fingerprint density at radius 3 is 1.44 bits per heavy atom. The Bertz CT molecular complexity index is 2160. The Morgan fingerprint density at radius 2 is 0.968 bits per heavy atom. The van der Waals surface area contributed by atoms with E-state index in [4.69, 9.17) is 26.7 Å². The molecule has 6 aromatic rings. The highest BCUT2D eigenvalue weighted by Gasteiger charge is 2.20. The van der Waals surface area contributed by atoms with Crippen molar-refractivity contribution in [2.24, 2.45) is 0 Å². The molecule has 15 heteroatoms. The van der Waals surface area contributed by atoms with Crippen molar-refractivity contribution in [3.63, 3.8) is 0 Å². The van der Waals surface area contributed by atoms with Crippen LogP contribution in [0.25, 0.3) is 0 Å². The minimum atomic E-state index is 0.0726. The molecule has 332 valence electrons. The number of anilines is 7. The lowest BCUT2D eigenvalue weighted by molar-refractivity contribution is 0.0845. The number of hydrogen-bond donors (Lipinski definition) is 6. The van der Waals surface area contributed by atoms with Gasteiger partial charge in [0, 0.05) is 68.3 Å². The molecule has 0 amide bonds. The summed E-state index contributed by atoms with van der Waals surface area (Å²) in [6.07, 6.45) is 12.6. The molecule has 3 atom stereocenters. The summed E-state index contributed by atoms with van der Waals surface area (Å²) in [5, 5.41) is 10.3. The number of rotatable bonds is 12. The van der Waals surface area contributed by atoms with Crippen molar-refractivity contribution >= 4 is 39.9 Å². The van der Waals surface area contributed by atoms with Crippen LogP contribution in [0.3, 0.4) is 0 Å². The van der Waals surface area contributed by atoms with Gasteiger partial charge in [0.1, 0.15) is 5.82 Å². The van der Waals surface area contributed by atoms with Crippen LogP contribution in [0.4, 0.5) is 39.9 Å². The Hall–Kier alpha value is -6.58. The van der Waals surface area contributed by atoms with Crippen LogP contribution in [0.2, 0.25) is 0 Å². The predicted molar refractivity (Wildman–Crippen MR) is 255 cm³/mol. The van der Waals surface area contributed by atoms with E-state index in [1.165, 1.54) is 0 Å². The van der Waals surface area contributed by atoms with Gasteiger partial charge >= 0.3 is 0 Å². The lowest BCUT2D eigenvalue weighted by Crippen LogP contribution is -2.36. The summed E-state index contributed by atoms with van der Waals surface area (Å²) in [6, 6.07) is 24.1. The monoisotopic (exact) mass is 854 g/mol. The number of morpholine rings is 1. The van der Waals surface area contributed by atoms with Crippen LogP contribution < -0.4 is 38.1 Å². The molecule has 2 saturated heterocycles. The number of nitrogen functional groups attached to an aromatic ring is 3. The molecule has 2 aliphatic heterocycles. The minimum Gasteiger partial charge on any atom is -0.396 e. The highest BCUT2D eigenvalue weighted by molar-refractivity contribution is 5.70. The zero-order valence-electron chi connectivity index (χ0n) is 37.1. The summed E-state index contributed by atoms with van der Waals surface area (Å²) in [6.45, 7) is 15.2. The number of hydrogen-bond acceptors (Lipinski definition) is 15. The maximum atomic E-state index is 6.08. The van der Waals surface area contributed by atoms with E-state index in [9.17, 15) is 0 Å². The first-order chi connectivity index (χ1) is 30.5. The number of aromatic nitrogens is 6. The van der Waals surface area contributed by atoms with Crippen molar-refractivity contribution in [1.82, 2.24) is 29.9 Å². The maximum absolute atomic E-state index is 6.08. The first-order valence-electron chi connectivity index (χ1n) is 21.7. The van der Waals surface area contributed by atoms with E-state index in [0.29, 0.717) is 28.9 Å². The molecule has 2 aliphatic rings. The zero-order valence-corrected chi connectivity index (χ0v) is 37.1. The van der Waals surface area contributed by atoms with E-state index in [0.717, 1.165) is 104 Å². The molecule has 0 radical (unpaired) electrons. The van der Waals surface area contributed by atoms with E-state index in [-0.39, 0.29) is 18.1 Å². The smallest absolute Gasteiger partial charge is 0.130 e. The quantitative estimate of drug-likeness (QED) is 0.0681. The Morgan fingerprint density at radius 1 is 0.524 bits per heavy atom. The van der Waals surface area contributed by atoms with Crippen molar-refractivity contribution in [3.05, 3.63) is 138 Å². The molecule has 0 aliphatic carbocycles. The van der Waals surface area contributed by atoms with Crippen LogP contribution in [0.1, 0.15) is 106 Å². The maximum Gasteiger partial charge on any atom is 0.130 e. The van der Waals surface area contributed by atoms with Crippen molar-refractivity contribution in [2.45, 2.75) is 77.4 Å². The zero-order chi connectivity index (χ0) is 44.6. The summed E-state index contributed by atoms with van der Waals surface area (Å²) in [5.41, 5.74) is 27.9. The van der Waals surface area contributed by atoms with Gasteiger partial charge < -0.3 is 47.5 Å². The third-order valence-corrected chi connectivity index (χ3v) is 10.9. The van der Waals surface area contributed by atoms with Gasteiger partial charge in [0.2, 0.25) is 0 Å². The molecular weight excluding hydrogens is 791 g/mol. The van der Waals surface area contributed by atoms with E-state index < -0.39 is 0 Å². The summed E-state index contributed by atoms with van der Waals surface area (Å²) in [7, 11) is 0. The first-order valence-corrected chi connectivity index (χ1v) is 21.7. The number of nitrogens with zero attached hydrogens (tertiary/aromatic N) is 7. The molecule has 15 nitrogen and oxygen atoms in total.